The van der Waals surface area contributed by atoms with Gasteiger partial charge in [-0.15, -0.1) is 11.3 Å². The predicted octanol–water partition coefficient (Wildman–Crippen LogP) is 3.35. The fourth-order valence-electron chi connectivity index (χ4n) is 3.09. The highest BCUT2D eigenvalue weighted by Crippen LogP contribution is 2.23. The molecule has 3 heterocycles. The van der Waals surface area contributed by atoms with Crippen molar-refractivity contribution in [2.75, 3.05) is 6.54 Å². The number of hydrogen-bond acceptors (Lipinski definition) is 6. The molecule has 0 bridgehead atoms. The second-order valence-corrected chi connectivity index (χ2v) is 7.82. The van der Waals surface area contributed by atoms with Crippen molar-refractivity contribution in [3.05, 3.63) is 88.4 Å². The van der Waals surface area contributed by atoms with Gasteiger partial charge < -0.3 is 5.32 Å². The first-order valence-corrected chi connectivity index (χ1v) is 10.8. The molecule has 1 atom stereocenters. The molecule has 0 fully saturated rings. The number of carbonyl (C=O) groups is 1. The van der Waals surface area contributed by atoms with Crippen LogP contribution in [0.1, 0.15) is 18.7 Å². The van der Waals surface area contributed by atoms with Gasteiger partial charge in [0, 0.05) is 47.9 Å². The SMILES string of the molecule is CC(C(=O)NCCc1csc(-c2ccccc2)n1)n1nc(-c2ccncc2)ccc1=O. The third-order valence-electron chi connectivity index (χ3n) is 4.80. The highest BCUT2D eigenvalue weighted by molar-refractivity contribution is 7.13. The summed E-state index contributed by atoms with van der Waals surface area (Å²) in [5.41, 5.74) is 3.11. The van der Waals surface area contributed by atoms with Gasteiger partial charge >= 0.3 is 0 Å². The van der Waals surface area contributed by atoms with Crippen LogP contribution in [0.5, 0.6) is 0 Å². The first-order chi connectivity index (χ1) is 15.1. The molecule has 0 aliphatic carbocycles. The van der Waals surface area contributed by atoms with Gasteiger partial charge in [-0.25, -0.2) is 9.67 Å². The molecule has 156 valence electrons. The summed E-state index contributed by atoms with van der Waals surface area (Å²) in [7, 11) is 0. The zero-order valence-corrected chi connectivity index (χ0v) is 17.7. The van der Waals surface area contributed by atoms with Crippen LogP contribution in [0.25, 0.3) is 21.8 Å². The Morgan fingerprint density at radius 1 is 1.06 bits per heavy atom. The Morgan fingerprint density at radius 2 is 1.84 bits per heavy atom. The predicted molar refractivity (Wildman–Crippen MR) is 121 cm³/mol. The monoisotopic (exact) mass is 431 g/mol. The van der Waals surface area contributed by atoms with Gasteiger partial charge in [0.15, 0.2) is 0 Å². The molecule has 1 amide bonds. The third kappa shape index (κ3) is 4.92. The van der Waals surface area contributed by atoms with E-state index in [1.165, 1.54) is 10.7 Å². The number of aromatic nitrogens is 4. The van der Waals surface area contributed by atoms with Gasteiger partial charge in [0.05, 0.1) is 11.4 Å². The van der Waals surface area contributed by atoms with Gasteiger partial charge in [-0.1, -0.05) is 30.3 Å². The lowest BCUT2D eigenvalue weighted by Crippen LogP contribution is -2.37. The summed E-state index contributed by atoms with van der Waals surface area (Å²) in [6.07, 6.45) is 3.93. The Labute approximate surface area is 183 Å². The van der Waals surface area contributed by atoms with E-state index in [0.29, 0.717) is 18.7 Å². The highest BCUT2D eigenvalue weighted by atomic mass is 32.1. The molecule has 0 radical (unpaired) electrons. The first-order valence-electron chi connectivity index (χ1n) is 9.89. The van der Waals surface area contributed by atoms with Crippen LogP contribution < -0.4 is 10.9 Å². The van der Waals surface area contributed by atoms with Crippen molar-refractivity contribution in [2.24, 2.45) is 0 Å². The number of carbonyl (C=O) groups excluding carboxylic acids is 1. The van der Waals surface area contributed by atoms with Crippen molar-refractivity contribution in [1.82, 2.24) is 25.1 Å². The fraction of sp³-hybridized carbons (Fsp3) is 0.174. The van der Waals surface area contributed by atoms with Crippen LogP contribution in [0.15, 0.2) is 77.2 Å². The van der Waals surface area contributed by atoms with Crippen molar-refractivity contribution in [1.29, 1.82) is 0 Å². The van der Waals surface area contributed by atoms with E-state index in [1.54, 1.807) is 48.9 Å². The quantitative estimate of drug-likeness (QED) is 0.485. The van der Waals surface area contributed by atoms with Crippen LogP contribution in [0.3, 0.4) is 0 Å². The number of amides is 1. The van der Waals surface area contributed by atoms with Gasteiger partial charge in [0.2, 0.25) is 5.91 Å². The summed E-state index contributed by atoms with van der Waals surface area (Å²) in [5, 5.41) is 10.2. The fourth-order valence-corrected chi connectivity index (χ4v) is 3.95. The van der Waals surface area contributed by atoms with E-state index in [4.69, 9.17) is 0 Å². The summed E-state index contributed by atoms with van der Waals surface area (Å²) in [5.74, 6) is -0.264. The Kier molecular flexibility index (Phi) is 6.28. The van der Waals surface area contributed by atoms with Crippen LogP contribution in [0, 0.1) is 0 Å². The molecule has 0 spiro atoms. The minimum absolute atomic E-state index is 0.264. The van der Waals surface area contributed by atoms with E-state index in [-0.39, 0.29) is 11.5 Å². The van der Waals surface area contributed by atoms with E-state index in [1.807, 2.05) is 35.7 Å². The summed E-state index contributed by atoms with van der Waals surface area (Å²) in [4.78, 5) is 33.5. The molecule has 1 unspecified atom stereocenters. The molecule has 0 aliphatic heterocycles. The van der Waals surface area contributed by atoms with Crippen molar-refractivity contribution in [3.63, 3.8) is 0 Å². The molecule has 1 N–H and O–H groups in total. The summed E-state index contributed by atoms with van der Waals surface area (Å²) in [6.45, 7) is 2.09. The summed E-state index contributed by atoms with van der Waals surface area (Å²) in [6, 6.07) is 15.9. The average molecular weight is 432 g/mol. The van der Waals surface area contributed by atoms with Crippen molar-refractivity contribution in [2.45, 2.75) is 19.4 Å². The molecule has 8 heteroatoms. The molecular weight excluding hydrogens is 410 g/mol. The Morgan fingerprint density at radius 3 is 2.61 bits per heavy atom. The normalized spacial score (nSPS) is 11.8. The van der Waals surface area contributed by atoms with Crippen molar-refractivity contribution in [3.8, 4) is 21.8 Å². The maximum atomic E-state index is 12.6. The van der Waals surface area contributed by atoms with E-state index in [2.05, 4.69) is 20.4 Å². The maximum absolute atomic E-state index is 12.6. The second-order valence-electron chi connectivity index (χ2n) is 6.96. The lowest BCUT2D eigenvalue weighted by atomic mass is 10.2. The van der Waals surface area contributed by atoms with Crippen LogP contribution in [-0.4, -0.2) is 32.2 Å². The van der Waals surface area contributed by atoms with E-state index in [0.717, 1.165) is 21.8 Å². The summed E-state index contributed by atoms with van der Waals surface area (Å²) < 4.78 is 1.21. The molecule has 0 saturated heterocycles. The van der Waals surface area contributed by atoms with Crippen molar-refractivity contribution >= 4 is 17.2 Å². The molecule has 31 heavy (non-hydrogen) atoms. The summed E-state index contributed by atoms with van der Waals surface area (Å²) >= 11 is 1.58. The number of thiazole rings is 1. The van der Waals surface area contributed by atoms with E-state index < -0.39 is 6.04 Å². The van der Waals surface area contributed by atoms with Gasteiger partial charge in [-0.3, -0.25) is 14.6 Å². The number of nitrogens with zero attached hydrogens (tertiary/aromatic N) is 4. The van der Waals surface area contributed by atoms with Crippen LogP contribution in [-0.2, 0) is 11.2 Å². The topological polar surface area (TPSA) is 89.8 Å². The molecule has 4 aromatic rings. The van der Waals surface area contributed by atoms with Crippen LogP contribution in [0.2, 0.25) is 0 Å². The average Bonchev–Trinajstić information content (AvgIpc) is 3.29. The largest absolute Gasteiger partial charge is 0.354 e. The Bertz CT molecular complexity index is 1220. The smallest absolute Gasteiger partial charge is 0.267 e. The van der Waals surface area contributed by atoms with Crippen LogP contribution >= 0.6 is 11.3 Å². The number of rotatable bonds is 7. The number of hydrogen-bond donors (Lipinski definition) is 1. The lowest BCUT2D eigenvalue weighted by molar-refractivity contribution is -0.124. The number of benzene rings is 1. The molecule has 0 aliphatic rings. The minimum Gasteiger partial charge on any atom is -0.354 e. The zero-order chi connectivity index (χ0) is 21.6. The number of pyridine rings is 1. The van der Waals surface area contributed by atoms with Gasteiger partial charge in [0.25, 0.3) is 5.56 Å². The highest BCUT2D eigenvalue weighted by Gasteiger charge is 2.18. The Balaban J connectivity index is 1.38. The van der Waals surface area contributed by atoms with Crippen LogP contribution in [0.4, 0.5) is 0 Å². The van der Waals surface area contributed by atoms with Gasteiger partial charge in [-0.05, 0) is 25.1 Å². The zero-order valence-electron chi connectivity index (χ0n) is 16.9. The lowest BCUT2D eigenvalue weighted by Gasteiger charge is -2.14. The molecular formula is C23H21N5O2S. The number of nitrogens with one attached hydrogen (secondary N) is 1. The second kappa shape index (κ2) is 9.44. The first kappa shape index (κ1) is 20.6. The molecule has 7 nitrogen and oxygen atoms in total. The molecule has 1 aromatic carbocycles. The van der Waals surface area contributed by atoms with Gasteiger partial charge in [-0.2, -0.15) is 5.10 Å². The third-order valence-corrected chi connectivity index (χ3v) is 5.74. The standard InChI is InChI=1S/C23H21N5O2S/c1-16(28-21(29)8-7-20(27-28)17-9-12-24-13-10-17)22(30)25-14-11-19-15-31-23(26-19)18-5-3-2-4-6-18/h2-10,12-13,15-16H,11,14H2,1H3,(H,25,30). The maximum Gasteiger partial charge on any atom is 0.267 e. The van der Waals surface area contributed by atoms with E-state index >= 15 is 0 Å². The van der Waals surface area contributed by atoms with Gasteiger partial charge in [0.1, 0.15) is 11.0 Å². The molecule has 3 aromatic heterocycles. The molecule has 0 saturated carbocycles. The van der Waals surface area contributed by atoms with E-state index in [9.17, 15) is 9.59 Å². The van der Waals surface area contributed by atoms with Crippen molar-refractivity contribution < 1.29 is 4.79 Å². The minimum atomic E-state index is -0.732. The molecule has 4 rings (SSSR count). The Hall–Kier alpha value is -3.65.